The van der Waals surface area contributed by atoms with Crippen LogP contribution in [0.5, 0.6) is 0 Å². The van der Waals surface area contributed by atoms with Crippen molar-refractivity contribution >= 4 is 32.5 Å². The van der Waals surface area contributed by atoms with Gasteiger partial charge in [0.15, 0.2) is 0 Å². The van der Waals surface area contributed by atoms with Gasteiger partial charge in [0.25, 0.3) is 0 Å². The average Bonchev–Trinajstić information content (AvgIpc) is 3.25. The summed E-state index contributed by atoms with van der Waals surface area (Å²) in [4.78, 5) is 20.2. The topological polar surface area (TPSA) is 68.0 Å². The second-order valence-electron chi connectivity index (χ2n) is 15.4. The van der Waals surface area contributed by atoms with Gasteiger partial charge in [0.05, 0.1) is 12.0 Å². The number of amides is 1. The van der Waals surface area contributed by atoms with Crippen molar-refractivity contribution in [2.75, 3.05) is 32.5 Å². The number of nitrogens with one attached hydrogen (secondary N) is 1. The number of ether oxygens (including phenoxy) is 1. The molecule has 9 unspecified atom stereocenters. The fourth-order valence-corrected chi connectivity index (χ4v) is 10.5. The molecule has 1 amide bonds. The zero-order valence-corrected chi connectivity index (χ0v) is 31.3. The zero-order valence-electron chi connectivity index (χ0n) is 28.9. The molecule has 45 heavy (non-hydrogen) atoms. The summed E-state index contributed by atoms with van der Waals surface area (Å²) in [5.41, 5.74) is 4.11. The molecule has 9 atom stereocenters. The molecule has 3 aliphatic heterocycles. The van der Waals surface area contributed by atoms with E-state index < -0.39 is 10.6 Å². The van der Waals surface area contributed by atoms with Crippen LogP contribution < -0.4 is 5.43 Å². The number of likely N-dealkylation sites (tertiary alicyclic amines) is 1. The van der Waals surface area contributed by atoms with Gasteiger partial charge in [-0.15, -0.1) is 0 Å². The molecule has 0 bridgehead atoms. The van der Waals surface area contributed by atoms with Crippen molar-refractivity contribution in [1.29, 1.82) is 0 Å². The Bertz CT molecular complexity index is 1060. The van der Waals surface area contributed by atoms with Gasteiger partial charge in [-0.25, -0.2) is 5.01 Å². The third-order valence-corrected chi connectivity index (χ3v) is 14.4. The molecule has 3 heterocycles. The first-order valence-electron chi connectivity index (χ1n) is 18.4. The van der Waals surface area contributed by atoms with E-state index in [0.717, 1.165) is 63.8 Å². The van der Waals surface area contributed by atoms with Crippen molar-refractivity contribution in [1.82, 2.24) is 20.2 Å². The number of hydrazine groups is 1. The Morgan fingerprint density at radius 1 is 1.09 bits per heavy atom. The van der Waals surface area contributed by atoms with Crippen LogP contribution in [0.1, 0.15) is 105 Å². The van der Waals surface area contributed by atoms with E-state index in [0.29, 0.717) is 58.9 Å². The van der Waals surface area contributed by atoms with Crippen molar-refractivity contribution in [3.8, 4) is 0 Å². The molecule has 6 fully saturated rings. The van der Waals surface area contributed by atoms with E-state index in [2.05, 4.69) is 70.4 Å². The number of hydrogen-bond donors (Lipinski definition) is 1. The number of halogens is 1. The van der Waals surface area contributed by atoms with Crippen molar-refractivity contribution in [2.24, 2.45) is 29.6 Å². The molecule has 0 aromatic carbocycles. The Balaban J connectivity index is 0.000000743. The van der Waals surface area contributed by atoms with Crippen molar-refractivity contribution in [3.63, 3.8) is 0 Å². The fourth-order valence-electron chi connectivity index (χ4n) is 9.92. The summed E-state index contributed by atoms with van der Waals surface area (Å²) in [7, 11) is -0.809. The maximum absolute atomic E-state index is 14.7. The van der Waals surface area contributed by atoms with Gasteiger partial charge in [0, 0.05) is 60.7 Å². The number of carbonyl (C=O) groups excluding carboxylic acids is 1. The summed E-state index contributed by atoms with van der Waals surface area (Å²) in [5.74, 6) is 3.36. The Labute approximate surface area is 285 Å². The van der Waals surface area contributed by atoms with Gasteiger partial charge < -0.3 is 9.64 Å². The molecule has 9 heteroatoms. The molecule has 258 valence electrons. The van der Waals surface area contributed by atoms with E-state index in [9.17, 15) is 8.84 Å². The van der Waals surface area contributed by atoms with Gasteiger partial charge in [-0.3, -0.25) is 15.1 Å². The maximum Gasteiger partial charge on any atom is 0.227 e. The Morgan fingerprint density at radius 2 is 1.78 bits per heavy atom. The van der Waals surface area contributed by atoms with Crippen LogP contribution in [0.3, 0.4) is 0 Å². The number of alkyl halides is 1. The molecule has 3 saturated heterocycles. The van der Waals surface area contributed by atoms with E-state index in [-0.39, 0.29) is 5.92 Å². The van der Waals surface area contributed by atoms with Crippen LogP contribution >= 0.6 is 15.9 Å². The van der Waals surface area contributed by atoms with E-state index in [4.69, 9.17) is 4.74 Å². The average molecular weight is 712 g/mol. The quantitative estimate of drug-likeness (QED) is 0.184. The van der Waals surface area contributed by atoms with Gasteiger partial charge in [0.1, 0.15) is 0 Å². The number of carbonyl (C=O) groups is 1. The standard InChI is InChI=1S/C33H57BrN4O2.C3H6OS/c1-5-36(20-25-17-19-40-25)32-22(4)27(34)15-14-26(32)33(39)37-18-16-30-31-28(8-6-7-9-29(31)37)35-38(30)24-12-10-23(11-13-24)21(2)3;1-3-5(2)4/h21-32,35H,5-20H2,1-4H3;3H,1H2,2H3. The second kappa shape index (κ2) is 16.5. The van der Waals surface area contributed by atoms with Crippen LogP contribution in [-0.2, 0) is 24.2 Å². The minimum Gasteiger partial charge on any atom is -0.377 e. The molecule has 3 aliphatic carbocycles. The fraction of sp³-hybridized carbons (Fsp3) is 0.917. The minimum atomic E-state index is -0.809. The van der Waals surface area contributed by atoms with Crippen LogP contribution in [-0.4, -0.2) is 94.4 Å². The third-order valence-electron chi connectivity index (χ3n) is 12.6. The normalized spacial score (nSPS) is 40.4. The summed E-state index contributed by atoms with van der Waals surface area (Å²) in [6.07, 6.45) is 16.8. The Morgan fingerprint density at radius 3 is 2.38 bits per heavy atom. The summed E-state index contributed by atoms with van der Waals surface area (Å²) in [5, 5.41) is 4.14. The smallest absolute Gasteiger partial charge is 0.227 e. The second-order valence-corrected chi connectivity index (χ2v) is 17.9. The molecule has 0 aromatic rings. The van der Waals surface area contributed by atoms with Crippen LogP contribution in [0.2, 0.25) is 0 Å². The monoisotopic (exact) mass is 710 g/mol. The molecule has 0 spiro atoms. The predicted octanol–water partition coefficient (Wildman–Crippen LogP) is 6.56. The molecule has 3 saturated carbocycles. The first-order chi connectivity index (χ1) is 21.6. The Kier molecular flexibility index (Phi) is 13.2. The number of piperidine rings is 1. The Hall–Kier alpha value is -0.160. The zero-order chi connectivity index (χ0) is 32.2. The van der Waals surface area contributed by atoms with Crippen molar-refractivity contribution in [3.05, 3.63) is 12.0 Å². The van der Waals surface area contributed by atoms with Crippen molar-refractivity contribution in [2.45, 2.75) is 146 Å². The predicted molar refractivity (Wildman–Crippen MR) is 189 cm³/mol. The molecular formula is C36H63BrN4O3S. The summed E-state index contributed by atoms with van der Waals surface area (Å²) in [6, 6.07) is 2.54. The molecule has 0 aromatic heterocycles. The SMILES string of the molecule is C=C[S-](C)#[O+].CCN(CC1CCO1)C1C(C(=O)N2CCC3C4C(CCCCC42)NN3C2CCC(C(C)C)CC2)CCC(Br)C1C. The van der Waals surface area contributed by atoms with Gasteiger partial charge >= 0.3 is 32.9 Å². The van der Waals surface area contributed by atoms with Gasteiger partial charge in [-0.2, -0.15) is 0 Å². The minimum absolute atomic E-state index is 0.110. The first-order valence-corrected chi connectivity index (χ1v) is 21.0. The van der Waals surface area contributed by atoms with E-state index >= 15 is 0 Å². The molecule has 6 aliphatic rings. The number of nitrogens with zero attached hydrogens (tertiary/aromatic N) is 3. The third kappa shape index (κ3) is 8.18. The molecule has 0 radical (unpaired) electrons. The van der Waals surface area contributed by atoms with Gasteiger partial charge in [-0.05, 0) is 88.5 Å². The number of hydrogen-bond acceptors (Lipinski definition) is 6. The van der Waals surface area contributed by atoms with Crippen molar-refractivity contribution < 1.29 is 13.6 Å². The molecule has 6 rings (SSSR count). The van der Waals surface area contributed by atoms with Gasteiger partial charge in [0.2, 0.25) is 5.91 Å². The number of rotatable bonds is 7. The summed E-state index contributed by atoms with van der Waals surface area (Å²) >= 11 is 4.01. The summed E-state index contributed by atoms with van der Waals surface area (Å²) < 4.78 is 15.7. The van der Waals surface area contributed by atoms with Crippen LogP contribution in [0.4, 0.5) is 0 Å². The number of likely N-dealkylation sites (N-methyl/N-ethyl adjacent to an activating group) is 1. The van der Waals surface area contributed by atoms with E-state index in [1.165, 1.54) is 56.8 Å². The maximum atomic E-state index is 14.7. The van der Waals surface area contributed by atoms with Gasteiger partial charge in [-0.1, -0.05) is 56.5 Å². The van der Waals surface area contributed by atoms with Crippen LogP contribution in [0, 0.1) is 29.6 Å². The largest absolute Gasteiger partial charge is 0.377 e. The van der Waals surface area contributed by atoms with E-state index in [1.807, 2.05) is 0 Å². The molecular weight excluding hydrogens is 648 g/mol. The van der Waals surface area contributed by atoms with Crippen LogP contribution in [0.15, 0.2) is 12.0 Å². The van der Waals surface area contributed by atoms with Crippen LogP contribution in [0.25, 0.3) is 0 Å². The summed E-state index contributed by atoms with van der Waals surface area (Å²) in [6.45, 7) is 16.6. The molecule has 7 nitrogen and oxygen atoms in total. The molecule has 1 N–H and O–H groups in total. The first kappa shape index (κ1) is 36.1. The van der Waals surface area contributed by atoms with E-state index in [1.54, 1.807) is 6.26 Å².